The molecule has 0 spiro atoms. The van der Waals surface area contributed by atoms with E-state index in [1.54, 1.807) is 6.07 Å². The summed E-state index contributed by atoms with van der Waals surface area (Å²) in [6.07, 6.45) is 0. The zero-order chi connectivity index (χ0) is 16.8. The summed E-state index contributed by atoms with van der Waals surface area (Å²) in [6, 6.07) is 9.25. The van der Waals surface area contributed by atoms with Gasteiger partial charge in [-0.25, -0.2) is 8.78 Å². The Hall–Kier alpha value is -2.98. The zero-order valence-electron chi connectivity index (χ0n) is 11.8. The molecule has 2 aromatic rings. The molecular weight excluding hydrogens is 306 g/mol. The van der Waals surface area contributed by atoms with Gasteiger partial charge >= 0.3 is 0 Å². The van der Waals surface area contributed by atoms with Gasteiger partial charge in [-0.2, -0.15) is 5.26 Å². The van der Waals surface area contributed by atoms with E-state index >= 15 is 0 Å². The van der Waals surface area contributed by atoms with Gasteiger partial charge in [0.25, 0.3) is 5.91 Å². The number of carbonyl (C=O) groups is 1. The molecule has 5 nitrogen and oxygen atoms in total. The van der Waals surface area contributed by atoms with Crippen LogP contribution in [0.4, 0.5) is 14.5 Å². The third-order valence-electron chi connectivity index (χ3n) is 2.87. The van der Waals surface area contributed by atoms with Gasteiger partial charge in [-0.15, -0.1) is 0 Å². The molecule has 23 heavy (non-hydrogen) atoms. The largest absolute Gasteiger partial charge is 0.491 e. The fraction of sp³-hybridized carbons (Fsp3) is 0.125. The van der Waals surface area contributed by atoms with Crippen LogP contribution in [0, 0.1) is 23.0 Å². The highest BCUT2D eigenvalue weighted by Crippen LogP contribution is 2.19. The summed E-state index contributed by atoms with van der Waals surface area (Å²) < 4.78 is 32.7. The average molecular weight is 318 g/mol. The van der Waals surface area contributed by atoms with Gasteiger partial charge in [0, 0.05) is 5.69 Å². The van der Waals surface area contributed by atoms with Crippen LogP contribution >= 0.6 is 0 Å². The van der Waals surface area contributed by atoms with Crippen LogP contribution in [0.1, 0.15) is 15.9 Å². The minimum absolute atomic E-state index is 0.129. The Bertz CT molecular complexity index is 732. The van der Waals surface area contributed by atoms with Crippen molar-refractivity contribution in [2.45, 2.75) is 0 Å². The second kappa shape index (κ2) is 7.33. The topological polar surface area (TPSA) is 82.4 Å². The standard InChI is InChI=1S/C16H12F2N2O3/c17-13-7-10(9-19)8-14(18)15(13)16(22)20-11-1-3-12(4-2-11)23-6-5-21/h1-4,7-8,21H,5-6H2,(H,20,22). The molecule has 0 heterocycles. The molecule has 7 heteroatoms. The van der Waals surface area contributed by atoms with Crippen molar-refractivity contribution in [3.05, 3.63) is 59.2 Å². The predicted octanol–water partition coefficient (Wildman–Crippen LogP) is 2.46. The summed E-state index contributed by atoms with van der Waals surface area (Å²) in [5, 5.41) is 19.6. The molecule has 0 unspecified atom stereocenters. The highest BCUT2D eigenvalue weighted by Gasteiger charge is 2.19. The smallest absolute Gasteiger partial charge is 0.261 e. The fourth-order valence-corrected chi connectivity index (χ4v) is 1.85. The van der Waals surface area contributed by atoms with Gasteiger partial charge < -0.3 is 15.2 Å². The van der Waals surface area contributed by atoms with Crippen molar-refractivity contribution in [1.82, 2.24) is 0 Å². The summed E-state index contributed by atoms with van der Waals surface area (Å²) in [5.74, 6) is -2.70. The number of nitrogens with zero attached hydrogens (tertiary/aromatic N) is 1. The maximum absolute atomic E-state index is 13.8. The van der Waals surface area contributed by atoms with Crippen molar-refractivity contribution in [3.8, 4) is 11.8 Å². The number of nitriles is 1. The van der Waals surface area contributed by atoms with Crippen LogP contribution in [0.3, 0.4) is 0 Å². The number of rotatable bonds is 5. The molecule has 2 N–H and O–H groups in total. The Kier molecular flexibility index (Phi) is 5.23. The van der Waals surface area contributed by atoms with Gasteiger partial charge in [-0.1, -0.05) is 0 Å². The van der Waals surface area contributed by atoms with Crippen molar-refractivity contribution < 1.29 is 23.4 Å². The van der Waals surface area contributed by atoms with Gasteiger partial charge in [0.2, 0.25) is 0 Å². The first kappa shape index (κ1) is 16.4. The maximum atomic E-state index is 13.8. The van der Waals surface area contributed by atoms with Crippen LogP contribution in [0.15, 0.2) is 36.4 Å². The lowest BCUT2D eigenvalue weighted by atomic mass is 10.1. The lowest BCUT2D eigenvalue weighted by molar-refractivity contribution is 0.101. The molecule has 0 aliphatic heterocycles. The SMILES string of the molecule is N#Cc1cc(F)c(C(=O)Nc2ccc(OCCO)cc2)c(F)c1. The lowest BCUT2D eigenvalue weighted by Crippen LogP contribution is -2.16. The number of aliphatic hydroxyl groups excluding tert-OH is 1. The van der Waals surface area contributed by atoms with Crippen LogP contribution in [-0.4, -0.2) is 24.2 Å². The first-order valence-corrected chi connectivity index (χ1v) is 6.59. The van der Waals surface area contributed by atoms with Crippen LogP contribution in [-0.2, 0) is 0 Å². The molecule has 0 atom stereocenters. The number of benzene rings is 2. The average Bonchev–Trinajstić information content (AvgIpc) is 2.53. The fourth-order valence-electron chi connectivity index (χ4n) is 1.85. The normalized spacial score (nSPS) is 10.0. The molecule has 0 saturated carbocycles. The number of halogens is 2. The third kappa shape index (κ3) is 4.02. The van der Waals surface area contributed by atoms with Gasteiger partial charge in [0.1, 0.15) is 29.6 Å². The van der Waals surface area contributed by atoms with E-state index in [1.807, 2.05) is 0 Å². The Morgan fingerprint density at radius 3 is 2.35 bits per heavy atom. The van der Waals surface area contributed by atoms with Crippen LogP contribution < -0.4 is 10.1 Å². The van der Waals surface area contributed by atoms with E-state index in [2.05, 4.69) is 5.32 Å². The number of anilines is 1. The molecule has 0 aliphatic carbocycles. The lowest BCUT2D eigenvalue weighted by Gasteiger charge is -2.09. The van der Waals surface area contributed by atoms with E-state index in [0.717, 1.165) is 12.1 Å². The molecule has 1 amide bonds. The Balaban J connectivity index is 2.15. The van der Waals surface area contributed by atoms with Crippen molar-refractivity contribution in [2.24, 2.45) is 0 Å². The summed E-state index contributed by atoms with van der Waals surface area (Å²) >= 11 is 0. The number of carbonyl (C=O) groups excluding carboxylic acids is 1. The predicted molar refractivity (Wildman–Crippen MR) is 78.0 cm³/mol. The first-order valence-electron chi connectivity index (χ1n) is 6.59. The Morgan fingerprint density at radius 1 is 1.22 bits per heavy atom. The molecule has 0 saturated heterocycles. The molecule has 2 aromatic carbocycles. The van der Waals surface area contributed by atoms with Gasteiger partial charge in [-0.3, -0.25) is 4.79 Å². The minimum Gasteiger partial charge on any atom is -0.491 e. The minimum atomic E-state index is -1.11. The van der Waals surface area contributed by atoms with Crippen molar-refractivity contribution in [3.63, 3.8) is 0 Å². The Labute approximate surface area is 130 Å². The highest BCUT2D eigenvalue weighted by atomic mass is 19.1. The van der Waals surface area contributed by atoms with Crippen LogP contribution in [0.2, 0.25) is 0 Å². The zero-order valence-corrected chi connectivity index (χ0v) is 11.8. The van der Waals surface area contributed by atoms with E-state index in [-0.39, 0.29) is 18.8 Å². The summed E-state index contributed by atoms with van der Waals surface area (Å²) in [7, 11) is 0. The molecule has 0 aliphatic rings. The first-order chi connectivity index (χ1) is 11.0. The van der Waals surface area contributed by atoms with Crippen molar-refractivity contribution in [1.29, 1.82) is 5.26 Å². The highest BCUT2D eigenvalue weighted by molar-refractivity contribution is 6.04. The van der Waals surface area contributed by atoms with E-state index in [4.69, 9.17) is 15.1 Å². The molecule has 0 aromatic heterocycles. The van der Waals surface area contributed by atoms with E-state index in [0.29, 0.717) is 11.4 Å². The number of hydrogen-bond acceptors (Lipinski definition) is 4. The number of amides is 1. The quantitative estimate of drug-likeness (QED) is 0.887. The van der Waals surface area contributed by atoms with E-state index < -0.39 is 23.1 Å². The van der Waals surface area contributed by atoms with Crippen molar-refractivity contribution >= 4 is 11.6 Å². The number of hydrogen-bond donors (Lipinski definition) is 2. The second-order valence-corrected chi connectivity index (χ2v) is 4.48. The van der Waals surface area contributed by atoms with Gasteiger partial charge in [0.05, 0.1) is 18.2 Å². The molecule has 0 bridgehead atoms. The molecular formula is C16H12F2N2O3. The van der Waals surface area contributed by atoms with E-state index in [1.165, 1.54) is 24.3 Å². The monoisotopic (exact) mass is 318 g/mol. The number of nitrogens with one attached hydrogen (secondary N) is 1. The summed E-state index contributed by atoms with van der Waals surface area (Å²) in [6.45, 7) is 0.00308. The molecule has 0 radical (unpaired) electrons. The maximum Gasteiger partial charge on any atom is 0.261 e. The van der Waals surface area contributed by atoms with Crippen LogP contribution in [0.25, 0.3) is 0 Å². The Morgan fingerprint density at radius 2 is 1.83 bits per heavy atom. The van der Waals surface area contributed by atoms with E-state index in [9.17, 15) is 13.6 Å². The van der Waals surface area contributed by atoms with Crippen molar-refractivity contribution in [2.75, 3.05) is 18.5 Å². The third-order valence-corrected chi connectivity index (χ3v) is 2.87. The molecule has 118 valence electrons. The van der Waals surface area contributed by atoms with Gasteiger partial charge in [-0.05, 0) is 36.4 Å². The summed E-state index contributed by atoms with van der Waals surface area (Å²) in [4.78, 5) is 12.0. The van der Waals surface area contributed by atoms with Gasteiger partial charge in [0.15, 0.2) is 0 Å². The molecule has 0 fully saturated rings. The number of aliphatic hydroxyl groups is 1. The molecule has 2 rings (SSSR count). The second-order valence-electron chi connectivity index (χ2n) is 4.48. The number of ether oxygens (including phenoxy) is 1. The summed E-state index contributed by atoms with van der Waals surface area (Å²) in [5.41, 5.74) is -0.652. The van der Waals surface area contributed by atoms with Crippen LogP contribution in [0.5, 0.6) is 5.75 Å².